The van der Waals surface area contributed by atoms with Gasteiger partial charge in [-0.2, -0.15) is 5.10 Å². The van der Waals surface area contributed by atoms with Crippen molar-refractivity contribution in [2.75, 3.05) is 11.9 Å². The molecule has 1 aromatic heterocycles. The number of rotatable bonds is 4. The normalized spacial score (nSPS) is 11.6. The molecule has 1 heterocycles. The third kappa shape index (κ3) is 2.61. The van der Waals surface area contributed by atoms with Crippen molar-refractivity contribution >= 4 is 11.7 Å². The molecule has 0 aliphatic rings. The number of nitrogens with one attached hydrogen (secondary N) is 3. The van der Waals surface area contributed by atoms with Crippen LogP contribution in [0.3, 0.4) is 0 Å². The molecule has 0 atom stereocenters. The molecule has 5 nitrogen and oxygen atoms in total. The Balaban J connectivity index is 2.75. The van der Waals surface area contributed by atoms with Crippen molar-refractivity contribution in [3.63, 3.8) is 0 Å². The quantitative estimate of drug-likeness (QED) is 0.723. The fraction of sp³-hybridized carbons (Fsp3) is 0.636. The van der Waals surface area contributed by atoms with Crippen molar-refractivity contribution in [2.45, 2.75) is 40.2 Å². The molecule has 1 amide bonds. The van der Waals surface area contributed by atoms with Gasteiger partial charge in [-0.05, 0) is 34.2 Å². The monoisotopic (exact) mass is 224 g/mol. The maximum Gasteiger partial charge on any atom is 0.245 e. The number of aromatic amines is 1. The van der Waals surface area contributed by atoms with Crippen LogP contribution in [0.4, 0.5) is 5.82 Å². The number of anilines is 1. The maximum absolute atomic E-state index is 12.0. The molecule has 1 aromatic rings. The Hall–Kier alpha value is -1.36. The van der Waals surface area contributed by atoms with Gasteiger partial charge in [0.15, 0.2) is 5.82 Å². The number of carbonyl (C=O) groups excluding carboxylic acids is 1. The number of carbonyl (C=O) groups is 1. The van der Waals surface area contributed by atoms with Crippen LogP contribution < -0.4 is 10.6 Å². The van der Waals surface area contributed by atoms with E-state index in [2.05, 4.69) is 20.8 Å². The molecule has 0 unspecified atom stereocenters. The molecule has 0 aliphatic carbocycles. The van der Waals surface area contributed by atoms with E-state index in [9.17, 15) is 4.79 Å². The second kappa shape index (κ2) is 4.65. The van der Waals surface area contributed by atoms with E-state index in [4.69, 9.17) is 0 Å². The predicted molar refractivity (Wildman–Crippen MR) is 64.4 cm³/mol. The van der Waals surface area contributed by atoms with Crippen LogP contribution in [0.25, 0.3) is 0 Å². The summed E-state index contributed by atoms with van der Waals surface area (Å²) in [5.74, 6) is 0.525. The second-order valence-corrected chi connectivity index (χ2v) is 4.43. The SMILES string of the molecule is CCNC(C)(C)C(=O)Nc1n[nH]c(C)c1C. The van der Waals surface area contributed by atoms with E-state index in [-0.39, 0.29) is 5.91 Å². The maximum atomic E-state index is 12.0. The molecule has 0 radical (unpaired) electrons. The molecular weight excluding hydrogens is 204 g/mol. The molecule has 3 N–H and O–H groups in total. The highest BCUT2D eigenvalue weighted by atomic mass is 16.2. The molecule has 90 valence electrons. The lowest BCUT2D eigenvalue weighted by atomic mass is 10.0. The van der Waals surface area contributed by atoms with E-state index in [1.54, 1.807) is 0 Å². The highest BCUT2D eigenvalue weighted by molar-refractivity contribution is 5.97. The molecule has 0 aliphatic heterocycles. The Kier molecular flexibility index (Phi) is 3.70. The first kappa shape index (κ1) is 12.7. The van der Waals surface area contributed by atoms with Crippen molar-refractivity contribution in [1.29, 1.82) is 0 Å². The summed E-state index contributed by atoms with van der Waals surface area (Å²) in [7, 11) is 0. The Labute approximate surface area is 96.0 Å². The lowest BCUT2D eigenvalue weighted by Gasteiger charge is -2.23. The standard InChI is InChI=1S/C11H20N4O/c1-6-12-11(4,5)10(16)13-9-7(2)8(3)14-15-9/h12H,6H2,1-5H3,(H2,13,14,15,16). The van der Waals surface area contributed by atoms with Crippen LogP contribution in [0, 0.1) is 13.8 Å². The Bertz CT molecular complexity index is 381. The van der Waals surface area contributed by atoms with Gasteiger partial charge in [0.25, 0.3) is 0 Å². The zero-order valence-corrected chi connectivity index (χ0v) is 10.6. The second-order valence-electron chi connectivity index (χ2n) is 4.43. The minimum atomic E-state index is -0.589. The first-order valence-electron chi connectivity index (χ1n) is 5.46. The third-order valence-corrected chi connectivity index (χ3v) is 2.67. The third-order valence-electron chi connectivity index (χ3n) is 2.67. The molecule has 0 fully saturated rings. The number of likely N-dealkylation sites (N-methyl/N-ethyl adjacent to an activating group) is 1. The zero-order valence-electron chi connectivity index (χ0n) is 10.6. The Morgan fingerprint density at radius 1 is 1.44 bits per heavy atom. The van der Waals surface area contributed by atoms with Crippen molar-refractivity contribution in [3.8, 4) is 0 Å². The molecule has 0 aromatic carbocycles. The van der Waals surface area contributed by atoms with Crippen LogP contribution in [0.2, 0.25) is 0 Å². The van der Waals surface area contributed by atoms with Crippen molar-refractivity contribution < 1.29 is 4.79 Å². The summed E-state index contributed by atoms with van der Waals surface area (Å²) in [4.78, 5) is 12.0. The van der Waals surface area contributed by atoms with E-state index in [0.717, 1.165) is 17.8 Å². The largest absolute Gasteiger partial charge is 0.307 e. The topological polar surface area (TPSA) is 69.8 Å². The lowest BCUT2D eigenvalue weighted by molar-refractivity contribution is -0.121. The summed E-state index contributed by atoms with van der Waals surface area (Å²) in [6, 6.07) is 0. The van der Waals surface area contributed by atoms with Gasteiger partial charge in [-0.15, -0.1) is 0 Å². The molecule has 5 heteroatoms. The highest BCUT2D eigenvalue weighted by Gasteiger charge is 2.27. The Morgan fingerprint density at radius 2 is 2.06 bits per heavy atom. The molecule has 0 spiro atoms. The number of hydrogen-bond acceptors (Lipinski definition) is 3. The number of aromatic nitrogens is 2. The van der Waals surface area contributed by atoms with Gasteiger partial charge in [0.05, 0.1) is 5.54 Å². The van der Waals surface area contributed by atoms with Crippen LogP contribution in [-0.2, 0) is 4.79 Å². The van der Waals surface area contributed by atoms with Gasteiger partial charge >= 0.3 is 0 Å². The first-order valence-corrected chi connectivity index (χ1v) is 5.46. The van der Waals surface area contributed by atoms with E-state index in [1.165, 1.54) is 0 Å². The van der Waals surface area contributed by atoms with Crippen molar-refractivity contribution in [1.82, 2.24) is 15.5 Å². The van der Waals surface area contributed by atoms with E-state index >= 15 is 0 Å². The van der Waals surface area contributed by atoms with Gasteiger partial charge in [-0.1, -0.05) is 6.92 Å². The summed E-state index contributed by atoms with van der Waals surface area (Å²) in [6.07, 6.45) is 0. The van der Waals surface area contributed by atoms with Gasteiger partial charge in [0.1, 0.15) is 0 Å². The fourth-order valence-electron chi connectivity index (χ4n) is 1.39. The molecule has 1 rings (SSSR count). The summed E-state index contributed by atoms with van der Waals surface area (Å²) < 4.78 is 0. The number of nitrogens with zero attached hydrogens (tertiary/aromatic N) is 1. The van der Waals surface area contributed by atoms with Gasteiger partial charge in [-0.25, -0.2) is 0 Å². The number of H-pyrrole nitrogens is 1. The summed E-state index contributed by atoms with van der Waals surface area (Å²) in [6.45, 7) is 10.3. The first-order chi connectivity index (χ1) is 7.38. The summed E-state index contributed by atoms with van der Waals surface area (Å²) in [5, 5.41) is 12.8. The van der Waals surface area contributed by atoms with Gasteiger partial charge in [-0.3, -0.25) is 9.89 Å². The average molecular weight is 224 g/mol. The van der Waals surface area contributed by atoms with Gasteiger partial charge in [0.2, 0.25) is 5.91 Å². The van der Waals surface area contributed by atoms with E-state index in [1.807, 2.05) is 34.6 Å². The molecule has 16 heavy (non-hydrogen) atoms. The van der Waals surface area contributed by atoms with Crippen LogP contribution in [0.15, 0.2) is 0 Å². The average Bonchev–Trinajstić information content (AvgIpc) is 2.49. The highest BCUT2D eigenvalue weighted by Crippen LogP contribution is 2.15. The van der Waals surface area contributed by atoms with E-state index < -0.39 is 5.54 Å². The summed E-state index contributed by atoms with van der Waals surface area (Å²) in [5.41, 5.74) is 1.35. The van der Waals surface area contributed by atoms with E-state index in [0.29, 0.717) is 5.82 Å². The Morgan fingerprint density at radius 3 is 2.50 bits per heavy atom. The lowest BCUT2D eigenvalue weighted by Crippen LogP contribution is -2.49. The van der Waals surface area contributed by atoms with Gasteiger partial charge in [0, 0.05) is 11.3 Å². The van der Waals surface area contributed by atoms with Crippen LogP contribution >= 0.6 is 0 Å². The molecule has 0 saturated heterocycles. The number of aryl methyl sites for hydroxylation is 1. The zero-order chi connectivity index (χ0) is 12.3. The molecular formula is C11H20N4O. The summed E-state index contributed by atoms with van der Waals surface area (Å²) >= 11 is 0. The smallest absolute Gasteiger partial charge is 0.245 e. The van der Waals surface area contributed by atoms with Crippen LogP contribution in [0.5, 0.6) is 0 Å². The predicted octanol–water partition coefficient (Wildman–Crippen LogP) is 1.35. The van der Waals surface area contributed by atoms with Crippen molar-refractivity contribution in [2.24, 2.45) is 0 Å². The fourth-order valence-corrected chi connectivity index (χ4v) is 1.39. The molecule has 0 bridgehead atoms. The van der Waals surface area contributed by atoms with Gasteiger partial charge < -0.3 is 10.6 Å². The number of amides is 1. The van der Waals surface area contributed by atoms with Crippen molar-refractivity contribution in [3.05, 3.63) is 11.3 Å². The molecule has 0 saturated carbocycles. The number of hydrogen-bond donors (Lipinski definition) is 3. The van der Waals surface area contributed by atoms with Crippen LogP contribution in [-0.4, -0.2) is 28.2 Å². The minimum Gasteiger partial charge on any atom is -0.307 e. The van der Waals surface area contributed by atoms with Crippen LogP contribution in [0.1, 0.15) is 32.0 Å². The minimum absolute atomic E-state index is 0.0797.